The number of halogens is 1. The van der Waals surface area contributed by atoms with Crippen LogP contribution in [0.15, 0.2) is 57.9 Å². The van der Waals surface area contributed by atoms with E-state index in [0.717, 1.165) is 21.4 Å². The fourth-order valence-electron chi connectivity index (χ4n) is 2.30. The first-order chi connectivity index (χ1) is 11.5. The van der Waals surface area contributed by atoms with Gasteiger partial charge in [0.2, 0.25) is 0 Å². The maximum absolute atomic E-state index is 12.7. The van der Waals surface area contributed by atoms with Crippen LogP contribution < -0.4 is 9.80 Å². The van der Waals surface area contributed by atoms with Crippen LogP contribution in [0.5, 0.6) is 0 Å². The number of carbonyl (C=O) groups excluding carboxylic acids is 1. The zero-order valence-electron chi connectivity index (χ0n) is 13.2. The third-order valence-corrected chi connectivity index (χ3v) is 5.42. The second kappa shape index (κ2) is 7.09. The van der Waals surface area contributed by atoms with Crippen molar-refractivity contribution in [3.05, 3.63) is 63.5 Å². The first-order valence-corrected chi connectivity index (χ1v) is 9.28. The monoisotopic (exact) mass is 418 g/mol. The van der Waals surface area contributed by atoms with Gasteiger partial charge in [-0.1, -0.05) is 52.0 Å². The highest BCUT2D eigenvalue weighted by atomic mass is 79.9. The zero-order chi connectivity index (χ0) is 17.3. The molecule has 0 N–H and O–H groups in total. The molecule has 0 saturated carbocycles. The highest BCUT2D eigenvalue weighted by molar-refractivity contribution is 9.10. The van der Waals surface area contributed by atoms with Crippen LogP contribution in [0.3, 0.4) is 0 Å². The van der Waals surface area contributed by atoms with E-state index < -0.39 is 0 Å². The average Bonchev–Trinajstić information content (AvgIpc) is 2.83. The molecule has 1 aliphatic rings. The molecule has 1 aliphatic heterocycles. The van der Waals surface area contributed by atoms with Gasteiger partial charge >= 0.3 is 0 Å². The van der Waals surface area contributed by atoms with Gasteiger partial charge in [0, 0.05) is 24.3 Å². The van der Waals surface area contributed by atoms with Crippen LogP contribution in [0.1, 0.15) is 5.56 Å². The number of thioether (sulfide) groups is 1. The Balaban J connectivity index is 1.86. The topological polar surface area (TPSA) is 23.6 Å². The van der Waals surface area contributed by atoms with Gasteiger partial charge < -0.3 is 4.90 Å². The maximum Gasteiger partial charge on any atom is 0.270 e. The van der Waals surface area contributed by atoms with Crippen LogP contribution in [-0.4, -0.2) is 24.3 Å². The summed E-state index contributed by atoms with van der Waals surface area (Å²) in [6.45, 7) is 0. The van der Waals surface area contributed by atoms with Crippen LogP contribution in [0.4, 0.5) is 11.4 Å². The second-order valence-corrected chi connectivity index (χ2v) is 8.07. The van der Waals surface area contributed by atoms with Gasteiger partial charge in [-0.2, -0.15) is 0 Å². The van der Waals surface area contributed by atoms with Crippen molar-refractivity contribution in [3.63, 3.8) is 0 Å². The summed E-state index contributed by atoms with van der Waals surface area (Å²) in [6.07, 6.45) is 1.89. The van der Waals surface area contributed by atoms with Crippen LogP contribution in [0.25, 0.3) is 6.08 Å². The molecule has 0 bridgehead atoms. The van der Waals surface area contributed by atoms with Gasteiger partial charge in [0.25, 0.3) is 5.91 Å². The molecule has 1 fully saturated rings. The smallest absolute Gasteiger partial charge is 0.270 e. The number of benzene rings is 2. The minimum absolute atomic E-state index is 0.0796. The lowest BCUT2D eigenvalue weighted by atomic mass is 10.2. The summed E-state index contributed by atoms with van der Waals surface area (Å²) in [5.41, 5.74) is 2.89. The van der Waals surface area contributed by atoms with Crippen LogP contribution in [-0.2, 0) is 4.79 Å². The van der Waals surface area contributed by atoms with E-state index in [4.69, 9.17) is 12.2 Å². The van der Waals surface area contributed by atoms with Crippen molar-refractivity contribution in [2.24, 2.45) is 0 Å². The molecule has 3 rings (SSSR count). The van der Waals surface area contributed by atoms with Gasteiger partial charge in [-0.3, -0.25) is 9.69 Å². The molecule has 122 valence electrons. The van der Waals surface area contributed by atoms with E-state index in [0.29, 0.717) is 9.23 Å². The van der Waals surface area contributed by atoms with Crippen molar-refractivity contribution < 1.29 is 4.79 Å². The highest BCUT2D eigenvalue weighted by Gasteiger charge is 2.33. The average molecular weight is 419 g/mol. The molecule has 3 nitrogen and oxygen atoms in total. The first-order valence-electron chi connectivity index (χ1n) is 7.26. The largest absolute Gasteiger partial charge is 0.378 e. The van der Waals surface area contributed by atoms with Crippen molar-refractivity contribution in [2.75, 3.05) is 23.9 Å². The summed E-state index contributed by atoms with van der Waals surface area (Å²) < 4.78 is 1.52. The van der Waals surface area contributed by atoms with E-state index >= 15 is 0 Å². The molecule has 6 heteroatoms. The molecule has 24 heavy (non-hydrogen) atoms. The Hall–Kier alpha value is -1.63. The Morgan fingerprint density at radius 3 is 2.29 bits per heavy atom. The first kappa shape index (κ1) is 17.2. The fourth-order valence-corrected chi connectivity index (χ4v) is 3.86. The van der Waals surface area contributed by atoms with Crippen molar-refractivity contribution in [1.29, 1.82) is 0 Å². The summed E-state index contributed by atoms with van der Waals surface area (Å²) in [6, 6.07) is 15.6. The molecule has 1 heterocycles. The van der Waals surface area contributed by atoms with Gasteiger partial charge in [0.1, 0.15) is 0 Å². The summed E-state index contributed by atoms with van der Waals surface area (Å²) >= 11 is 10.1. The fraction of sp³-hybridized carbons (Fsp3) is 0.111. The van der Waals surface area contributed by atoms with E-state index in [9.17, 15) is 4.79 Å². The normalized spacial score (nSPS) is 16.1. The lowest BCUT2D eigenvalue weighted by Crippen LogP contribution is -2.27. The second-order valence-electron chi connectivity index (χ2n) is 5.48. The van der Waals surface area contributed by atoms with Crippen molar-refractivity contribution in [3.8, 4) is 0 Å². The Morgan fingerprint density at radius 2 is 1.71 bits per heavy atom. The molecule has 2 aromatic rings. The molecule has 0 aromatic heterocycles. The maximum atomic E-state index is 12.7. The third kappa shape index (κ3) is 3.55. The SMILES string of the molecule is CN(C)c1ccc(/C=C2/SC(=S)N(c3ccc(Br)cc3)C2=O)cc1. The van der Waals surface area contributed by atoms with Crippen molar-refractivity contribution in [2.45, 2.75) is 0 Å². The van der Waals surface area contributed by atoms with Crippen LogP contribution in [0.2, 0.25) is 0 Å². The van der Waals surface area contributed by atoms with Gasteiger partial charge in [-0.15, -0.1) is 0 Å². The summed E-state index contributed by atoms with van der Waals surface area (Å²) in [5.74, 6) is -0.0796. The van der Waals surface area contributed by atoms with E-state index in [1.165, 1.54) is 11.8 Å². The number of anilines is 2. The highest BCUT2D eigenvalue weighted by Crippen LogP contribution is 2.36. The molecule has 2 aromatic carbocycles. The predicted octanol–water partition coefficient (Wildman–Crippen LogP) is 4.92. The Kier molecular flexibility index (Phi) is 5.08. The molecule has 0 unspecified atom stereocenters. The van der Waals surface area contributed by atoms with Crippen molar-refractivity contribution >= 4 is 67.6 Å². The van der Waals surface area contributed by atoms with Crippen LogP contribution in [0, 0.1) is 0 Å². The minimum atomic E-state index is -0.0796. The molecular weight excluding hydrogens is 404 g/mol. The van der Waals surface area contributed by atoms with Gasteiger partial charge in [-0.25, -0.2) is 0 Å². The lowest BCUT2D eigenvalue weighted by Gasteiger charge is -2.14. The van der Waals surface area contributed by atoms with E-state index in [1.54, 1.807) is 4.90 Å². The number of thiocarbonyl (C=S) groups is 1. The van der Waals surface area contributed by atoms with E-state index in [2.05, 4.69) is 15.9 Å². The summed E-state index contributed by atoms with van der Waals surface area (Å²) in [5, 5.41) is 0. The number of carbonyl (C=O) groups is 1. The van der Waals surface area contributed by atoms with Crippen LogP contribution >= 0.6 is 39.9 Å². The molecular formula is C18H15BrN2OS2. The number of amides is 1. The number of nitrogens with zero attached hydrogens (tertiary/aromatic N) is 2. The quantitative estimate of drug-likeness (QED) is 0.521. The standard InChI is InChI=1S/C18H15BrN2OS2/c1-20(2)14-7-3-12(4-8-14)11-16-17(22)21(18(23)24-16)15-9-5-13(19)6-10-15/h3-11H,1-2H3/b16-11+. The Bertz CT molecular complexity index is 814. The summed E-state index contributed by atoms with van der Waals surface area (Å²) in [4.78, 5) is 17.0. The molecule has 0 aliphatic carbocycles. The molecule has 0 spiro atoms. The van der Waals surface area contributed by atoms with Gasteiger partial charge in [0.15, 0.2) is 4.32 Å². The van der Waals surface area contributed by atoms with E-state index in [1.807, 2.05) is 73.6 Å². The summed E-state index contributed by atoms with van der Waals surface area (Å²) in [7, 11) is 4.00. The van der Waals surface area contributed by atoms with Crippen molar-refractivity contribution in [1.82, 2.24) is 0 Å². The molecule has 0 atom stereocenters. The zero-order valence-corrected chi connectivity index (χ0v) is 16.4. The number of rotatable bonds is 3. The van der Waals surface area contributed by atoms with E-state index in [-0.39, 0.29) is 5.91 Å². The molecule has 1 saturated heterocycles. The number of hydrogen-bond acceptors (Lipinski definition) is 4. The minimum Gasteiger partial charge on any atom is -0.378 e. The molecule has 1 amide bonds. The third-order valence-electron chi connectivity index (χ3n) is 3.59. The molecule has 0 radical (unpaired) electrons. The predicted molar refractivity (Wildman–Crippen MR) is 111 cm³/mol. The Morgan fingerprint density at radius 1 is 1.08 bits per heavy atom. The number of hydrogen-bond donors (Lipinski definition) is 0. The Labute approximate surface area is 159 Å². The van der Waals surface area contributed by atoms with Gasteiger partial charge in [0.05, 0.1) is 10.6 Å². The van der Waals surface area contributed by atoms with Gasteiger partial charge in [-0.05, 0) is 48.0 Å². The lowest BCUT2D eigenvalue weighted by molar-refractivity contribution is -0.113.